The van der Waals surface area contributed by atoms with Crippen molar-refractivity contribution in [2.24, 2.45) is 11.8 Å². The molecular formula is C44H63N. The van der Waals surface area contributed by atoms with Crippen LogP contribution in [-0.2, 0) is 0 Å². The quantitative estimate of drug-likeness (QED) is 0.0777. The van der Waals surface area contributed by atoms with E-state index in [1.165, 1.54) is 57.0 Å². The number of allylic oxidation sites excluding steroid dienone is 20. The minimum atomic E-state index is 0.357. The van der Waals surface area contributed by atoms with Gasteiger partial charge < -0.3 is 4.90 Å². The van der Waals surface area contributed by atoms with E-state index in [4.69, 9.17) is 0 Å². The summed E-state index contributed by atoms with van der Waals surface area (Å²) in [6.07, 6.45) is 35.4. The summed E-state index contributed by atoms with van der Waals surface area (Å²) in [4.78, 5) is 2.47. The second-order valence-corrected chi connectivity index (χ2v) is 13.3. The summed E-state index contributed by atoms with van der Waals surface area (Å²) in [7, 11) is 0. The van der Waals surface area contributed by atoms with Gasteiger partial charge in [0, 0.05) is 17.3 Å². The Labute approximate surface area is 278 Å². The largest absolute Gasteiger partial charge is 0.315 e. The van der Waals surface area contributed by atoms with Crippen molar-refractivity contribution in [1.82, 2.24) is 4.90 Å². The maximum Gasteiger partial charge on any atom is 0.0649 e. The van der Waals surface area contributed by atoms with E-state index in [1.807, 2.05) is 6.08 Å². The first-order valence-electron chi connectivity index (χ1n) is 17.4. The molecule has 2 aliphatic rings. The summed E-state index contributed by atoms with van der Waals surface area (Å²) < 4.78 is 0. The van der Waals surface area contributed by atoms with E-state index in [0.29, 0.717) is 11.8 Å². The average molecular weight is 606 g/mol. The number of hydrogen-bond donors (Lipinski definition) is 0. The normalized spacial score (nSPS) is 19.5. The van der Waals surface area contributed by atoms with Crippen LogP contribution in [0, 0.1) is 11.8 Å². The first-order chi connectivity index (χ1) is 21.5. The van der Waals surface area contributed by atoms with E-state index < -0.39 is 0 Å². The van der Waals surface area contributed by atoms with E-state index in [2.05, 4.69) is 147 Å². The van der Waals surface area contributed by atoms with Gasteiger partial charge in [0.25, 0.3) is 0 Å². The number of nitrogens with zero attached hydrogens (tertiary/aromatic N) is 1. The molecule has 244 valence electrons. The van der Waals surface area contributed by atoms with Gasteiger partial charge in [-0.05, 0) is 149 Å². The predicted octanol–water partition coefficient (Wildman–Crippen LogP) is 13.7. The van der Waals surface area contributed by atoms with Crippen molar-refractivity contribution in [3.05, 3.63) is 135 Å². The first-order valence-corrected chi connectivity index (χ1v) is 17.4. The van der Waals surface area contributed by atoms with E-state index in [1.54, 1.807) is 5.57 Å². The summed E-state index contributed by atoms with van der Waals surface area (Å²) in [6, 6.07) is 0. The smallest absolute Gasteiger partial charge is 0.0649 e. The highest BCUT2D eigenvalue weighted by Crippen LogP contribution is 2.34. The van der Waals surface area contributed by atoms with Crippen LogP contribution in [-0.4, -0.2) is 4.90 Å². The highest BCUT2D eigenvalue weighted by Gasteiger charge is 2.19. The molecule has 2 unspecified atom stereocenters. The lowest BCUT2D eigenvalue weighted by Gasteiger charge is -2.30. The Morgan fingerprint density at radius 1 is 0.956 bits per heavy atom. The average Bonchev–Trinajstić information content (AvgIpc) is 2.98. The molecule has 0 aromatic carbocycles. The van der Waals surface area contributed by atoms with Crippen molar-refractivity contribution in [2.45, 2.75) is 127 Å². The molecular weight excluding hydrogens is 542 g/mol. The monoisotopic (exact) mass is 605 g/mol. The third kappa shape index (κ3) is 12.9. The first kappa shape index (κ1) is 37.9. The molecule has 0 saturated heterocycles. The van der Waals surface area contributed by atoms with Crippen LogP contribution in [0.5, 0.6) is 0 Å². The molecule has 0 fully saturated rings. The van der Waals surface area contributed by atoms with E-state index in [9.17, 15) is 0 Å². The number of hydrogen-bond acceptors (Lipinski definition) is 1. The fraction of sp³-hybridized carbons (Fsp3) is 0.477. The molecule has 0 amide bonds. The maximum atomic E-state index is 3.87. The molecule has 45 heavy (non-hydrogen) atoms. The van der Waals surface area contributed by atoms with Crippen molar-refractivity contribution < 1.29 is 0 Å². The summed E-state index contributed by atoms with van der Waals surface area (Å²) in [5, 5.41) is 0. The molecule has 0 radical (unpaired) electrons. The SMILES string of the molecule is C=CCCCC(C)=CC(C)C=C(C)N(C1=C=CCC=C(C2=CCC(C(=CC)CCC(C)=CC)C=C2)CC1)C(C)=C(C)C=C(C)C. The molecule has 0 aliphatic heterocycles. The summed E-state index contributed by atoms with van der Waals surface area (Å²) in [5.74, 6) is 0.875. The zero-order chi connectivity index (χ0) is 33.4. The van der Waals surface area contributed by atoms with E-state index in [-0.39, 0.29) is 0 Å². The Morgan fingerprint density at radius 2 is 1.71 bits per heavy atom. The van der Waals surface area contributed by atoms with Crippen molar-refractivity contribution >= 4 is 0 Å². The zero-order valence-corrected chi connectivity index (χ0v) is 30.5. The molecule has 0 saturated carbocycles. The summed E-state index contributed by atoms with van der Waals surface area (Å²) in [5.41, 5.74) is 17.5. The number of rotatable bonds is 15. The molecule has 2 atom stereocenters. The summed E-state index contributed by atoms with van der Waals surface area (Å²) in [6.45, 7) is 26.1. The molecule has 1 nitrogen and oxygen atoms in total. The molecule has 0 bridgehead atoms. The van der Waals surface area contributed by atoms with Gasteiger partial charge in [0.05, 0.1) is 5.70 Å². The lowest BCUT2D eigenvalue weighted by molar-refractivity contribution is 0.494. The highest BCUT2D eigenvalue weighted by atomic mass is 15.2. The van der Waals surface area contributed by atoms with Crippen molar-refractivity contribution in [3.8, 4) is 0 Å². The lowest BCUT2D eigenvalue weighted by Crippen LogP contribution is -2.21. The lowest BCUT2D eigenvalue weighted by atomic mass is 9.84. The Hall–Kier alpha value is -3.28. The second-order valence-electron chi connectivity index (χ2n) is 13.3. The summed E-state index contributed by atoms with van der Waals surface area (Å²) >= 11 is 0. The van der Waals surface area contributed by atoms with E-state index in [0.717, 1.165) is 51.4 Å². The Kier molecular flexibility index (Phi) is 16.8. The standard InChI is InChI=1S/C44H63N/c1-12-15-16-19-35(7)31-36(8)32-38(10)45(39(11)37(9)30-33(4)5)44-21-18-17-20-41(28-29-44)43-26-24-42(25-27-43)40(14-3)23-22-34(6)13-2/h12-14,18,20,24,26-27,30-32,36,42H,1,15-17,19,22-23,25,28-29H2,2-11H3. The Bertz CT molecular complexity index is 1360. The topological polar surface area (TPSA) is 3.24 Å². The van der Waals surface area contributed by atoms with Crippen LogP contribution < -0.4 is 0 Å². The Balaban J connectivity index is 2.30. The van der Waals surface area contributed by atoms with Gasteiger partial charge in [-0.3, -0.25) is 0 Å². The van der Waals surface area contributed by atoms with Crippen LogP contribution in [0.15, 0.2) is 135 Å². The van der Waals surface area contributed by atoms with Gasteiger partial charge in [-0.1, -0.05) is 90.0 Å². The molecule has 0 heterocycles. The van der Waals surface area contributed by atoms with Crippen LogP contribution >= 0.6 is 0 Å². The molecule has 0 N–H and O–H groups in total. The fourth-order valence-corrected chi connectivity index (χ4v) is 6.36. The van der Waals surface area contributed by atoms with E-state index >= 15 is 0 Å². The van der Waals surface area contributed by atoms with Crippen LogP contribution in [0.4, 0.5) is 0 Å². The van der Waals surface area contributed by atoms with Gasteiger partial charge in [0.2, 0.25) is 0 Å². The van der Waals surface area contributed by atoms with Crippen LogP contribution in [0.3, 0.4) is 0 Å². The van der Waals surface area contributed by atoms with Crippen LogP contribution in [0.25, 0.3) is 0 Å². The van der Waals surface area contributed by atoms with Gasteiger partial charge in [-0.2, -0.15) is 0 Å². The van der Waals surface area contributed by atoms with Gasteiger partial charge >= 0.3 is 0 Å². The van der Waals surface area contributed by atoms with Crippen molar-refractivity contribution in [3.63, 3.8) is 0 Å². The fourth-order valence-electron chi connectivity index (χ4n) is 6.36. The van der Waals surface area contributed by atoms with Crippen molar-refractivity contribution in [2.75, 3.05) is 0 Å². The van der Waals surface area contributed by atoms with Gasteiger partial charge in [-0.15, -0.1) is 12.3 Å². The molecule has 0 aromatic rings. The van der Waals surface area contributed by atoms with Gasteiger partial charge in [0.15, 0.2) is 0 Å². The minimum Gasteiger partial charge on any atom is -0.315 e. The third-order valence-electron chi connectivity index (χ3n) is 9.07. The third-order valence-corrected chi connectivity index (χ3v) is 9.07. The minimum absolute atomic E-state index is 0.357. The Morgan fingerprint density at radius 3 is 2.33 bits per heavy atom. The predicted molar refractivity (Wildman–Crippen MR) is 202 cm³/mol. The van der Waals surface area contributed by atoms with Gasteiger partial charge in [-0.25, -0.2) is 0 Å². The molecule has 2 aliphatic carbocycles. The zero-order valence-electron chi connectivity index (χ0n) is 30.5. The number of unbranched alkanes of at least 4 members (excludes halogenated alkanes) is 1. The highest BCUT2D eigenvalue weighted by molar-refractivity contribution is 5.44. The van der Waals surface area contributed by atoms with Crippen molar-refractivity contribution in [1.29, 1.82) is 0 Å². The maximum absolute atomic E-state index is 3.87. The van der Waals surface area contributed by atoms with Crippen LogP contribution in [0.1, 0.15) is 127 Å². The molecule has 1 heteroatoms. The van der Waals surface area contributed by atoms with Crippen LogP contribution in [0.2, 0.25) is 0 Å². The molecule has 0 spiro atoms. The molecule has 0 aromatic heterocycles. The molecule has 2 rings (SSSR count). The van der Waals surface area contributed by atoms with Gasteiger partial charge in [0.1, 0.15) is 0 Å². The second kappa shape index (κ2) is 20.0.